The van der Waals surface area contributed by atoms with Crippen molar-refractivity contribution in [2.75, 3.05) is 32.1 Å². The van der Waals surface area contributed by atoms with E-state index in [1.807, 2.05) is 13.0 Å². The highest BCUT2D eigenvalue weighted by Gasteiger charge is 2.20. The summed E-state index contributed by atoms with van der Waals surface area (Å²) in [5.74, 6) is -2.45. The number of amides is 2. The van der Waals surface area contributed by atoms with E-state index in [1.54, 1.807) is 22.7 Å². The normalized spacial score (nSPS) is 11.6. The van der Waals surface area contributed by atoms with Crippen LogP contribution in [0, 0.1) is 11.6 Å². The van der Waals surface area contributed by atoms with Crippen molar-refractivity contribution >= 4 is 34.9 Å². The quantitative estimate of drug-likeness (QED) is 0.0645. The molecule has 4 rings (SSSR count). The van der Waals surface area contributed by atoms with Gasteiger partial charge in [0.2, 0.25) is 11.7 Å². The van der Waals surface area contributed by atoms with Gasteiger partial charge < -0.3 is 37.9 Å². The van der Waals surface area contributed by atoms with E-state index >= 15 is 0 Å². The number of carbonyl (C=O) groups excluding carboxylic acids is 2. The van der Waals surface area contributed by atoms with Gasteiger partial charge in [-0.3, -0.25) is 19.0 Å². The number of aliphatic imine (C=N–C) groups is 1. The van der Waals surface area contributed by atoms with Crippen LogP contribution in [0.4, 0.5) is 20.3 Å². The summed E-state index contributed by atoms with van der Waals surface area (Å²) in [6.45, 7) is 3.06. The molecule has 2 aromatic heterocycles. The molecule has 0 saturated heterocycles. The zero-order valence-electron chi connectivity index (χ0n) is 25.6. The molecule has 2 aromatic carbocycles. The molecule has 0 radical (unpaired) electrons. The Morgan fingerprint density at radius 2 is 1.85 bits per heavy atom. The number of nitrogens with two attached hydrogens (primary N) is 3. The van der Waals surface area contributed by atoms with Crippen molar-refractivity contribution < 1.29 is 23.1 Å². The van der Waals surface area contributed by atoms with Crippen LogP contribution in [-0.4, -0.2) is 64.9 Å². The number of nitrogens with one attached hydrogen (secondary N) is 3. The molecule has 0 fully saturated rings. The Balaban J connectivity index is 1.35. The number of anilines is 2. The Hall–Kier alpha value is -5.31. The molecule has 0 aliphatic heterocycles. The molecular weight excluding hydrogens is 598 g/mol. The van der Waals surface area contributed by atoms with E-state index in [1.165, 1.54) is 31.6 Å². The number of benzene rings is 2. The second-order valence-electron chi connectivity index (χ2n) is 10.4. The molecule has 0 aliphatic rings. The zero-order chi connectivity index (χ0) is 33.2. The number of carbonyl (C=O) groups is 2. The maximum absolute atomic E-state index is 14.8. The van der Waals surface area contributed by atoms with E-state index in [0.29, 0.717) is 73.7 Å². The van der Waals surface area contributed by atoms with Crippen LogP contribution in [0.5, 0.6) is 5.75 Å². The van der Waals surface area contributed by atoms with Crippen molar-refractivity contribution in [3.8, 4) is 17.0 Å². The maximum Gasteiger partial charge on any atom is 0.251 e. The van der Waals surface area contributed by atoms with Crippen molar-refractivity contribution in [3.05, 3.63) is 71.7 Å². The molecule has 13 nitrogen and oxygen atoms in total. The summed E-state index contributed by atoms with van der Waals surface area (Å²) in [5, 5.41) is 8.87. The lowest BCUT2D eigenvalue weighted by Gasteiger charge is -2.14. The number of nitrogens with zero attached hydrogens (tertiary/aromatic N) is 4. The highest BCUT2D eigenvalue weighted by molar-refractivity contribution is 5.96. The molecule has 1 atom stereocenters. The fourth-order valence-electron chi connectivity index (χ4n) is 4.79. The Labute approximate surface area is 264 Å². The van der Waals surface area contributed by atoms with Gasteiger partial charge in [-0.25, -0.2) is 14.4 Å². The SMILES string of the molecule is CCc1cc(Nc2nccn3c(-c4ccc(OC)c(F)c4F)cnc23)ccc1C(=O)NCCCNC(=O)C(N)CCCN=C(N)N. The first-order valence-electron chi connectivity index (χ1n) is 14.8. The molecule has 2 heterocycles. The van der Waals surface area contributed by atoms with Crippen LogP contribution < -0.4 is 37.9 Å². The topological polar surface area (TPSA) is 200 Å². The van der Waals surface area contributed by atoms with Gasteiger partial charge in [0.15, 0.2) is 29.0 Å². The number of guanidine groups is 1. The molecule has 0 bridgehead atoms. The average Bonchev–Trinajstić information content (AvgIpc) is 3.48. The van der Waals surface area contributed by atoms with Crippen LogP contribution >= 0.6 is 0 Å². The predicted molar refractivity (Wildman–Crippen MR) is 172 cm³/mol. The van der Waals surface area contributed by atoms with Gasteiger partial charge in [0.25, 0.3) is 5.91 Å². The molecule has 0 spiro atoms. The van der Waals surface area contributed by atoms with E-state index in [4.69, 9.17) is 21.9 Å². The lowest BCUT2D eigenvalue weighted by Crippen LogP contribution is -2.41. The summed E-state index contributed by atoms with van der Waals surface area (Å²) in [4.78, 5) is 37.7. The first-order valence-corrected chi connectivity index (χ1v) is 14.8. The molecular formula is C31H38F2N10O3. The van der Waals surface area contributed by atoms with Gasteiger partial charge in [-0.05, 0) is 61.6 Å². The standard InChI is InChI=1S/C31H38F2N10O3/c1-3-18-16-19(7-8-20(18)29(44)38-12-5-13-39-30(45)22(34)6-4-11-40-31(35)36)42-27-28-41-17-23(43(28)15-14-37-27)21-9-10-24(46-2)26(33)25(21)32/h7-10,14-17,22H,3-6,11-13,34H2,1-2H3,(H,37,42)(H,38,44)(H,39,45)(H4,35,36,40). The third-order valence-electron chi connectivity index (χ3n) is 7.21. The molecule has 2 amide bonds. The lowest BCUT2D eigenvalue weighted by molar-refractivity contribution is -0.122. The van der Waals surface area contributed by atoms with Gasteiger partial charge >= 0.3 is 0 Å². The Bertz CT molecular complexity index is 1720. The van der Waals surface area contributed by atoms with Crippen LogP contribution in [-0.2, 0) is 11.2 Å². The number of fused-ring (bicyclic) bond motifs is 1. The van der Waals surface area contributed by atoms with Crippen LogP contribution in [0.15, 0.2) is 53.9 Å². The van der Waals surface area contributed by atoms with E-state index in [2.05, 4.69) is 30.9 Å². The summed E-state index contributed by atoms with van der Waals surface area (Å²) in [7, 11) is 1.27. The summed E-state index contributed by atoms with van der Waals surface area (Å²) >= 11 is 0. The molecule has 46 heavy (non-hydrogen) atoms. The minimum absolute atomic E-state index is 0.000302. The van der Waals surface area contributed by atoms with Gasteiger partial charge in [0, 0.05) is 48.8 Å². The zero-order valence-corrected chi connectivity index (χ0v) is 25.6. The van der Waals surface area contributed by atoms with E-state index in [0.717, 1.165) is 5.56 Å². The van der Waals surface area contributed by atoms with Crippen LogP contribution in [0.25, 0.3) is 16.9 Å². The van der Waals surface area contributed by atoms with E-state index in [-0.39, 0.29) is 29.1 Å². The monoisotopic (exact) mass is 636 g/mol. The molecule has 9 N–H and O–H groups in total. The summed E-state index contributed by atoms with van der Waals surface area (Å²) < 4.78 is 35.7. The summed E-state index contributed by atoms with van der Waals surface area (Å²) in [6, 6.07) is 7.42. The third kappa shape index (κ3) is 8.04. The molecule has 1 unspecified atom stereocenters. The molecule has 0 saturated carbocycles. The number of methoxy groups -OCH3 is 1. The van der Waals surface area contributed by atoms with Crippen molar-refractivity contribution in [3.63, 3.8) is 0 Å². The van der Waals surface area contributed by atoms with E-state index in [9.17, 15) is 18.4 Å². The number of rotatable bonds is 15. The Kier molecular flexibility index (Phi) is 11.4. The molecule has 4 aromatic rings. The average molecular weight is 637 g/mol. The first kappa shape index (κ1) is 33.6. The second-order valence-corrected chi connectivity index (χ2v) is 10.4. The van der Waals surface area contributed by atoms with E-state index < -0.39 is 17.7 Å². The Morgan fingerprint density at radius 3 is 2.59 bits per heavy atom. The van der Waals surface area contributed by atoms with Crippen LogP contribution in [0.3, 0.4) is 0 Å². The van der Waals surface area contributed by atoms with Crippen molar-refractivity contribution in [1.29, 1.82) is 0 Å². The molecule has 0 aliphatic carbocycles. The fourth-order valence-corrected chi connectivity index (χ4v) is 4.79. The summed E-state index contributed by atoms with van der Waals surface area (Å²) in [5.41, 5.74) is 19.2. The third-order valence-corrected chi connectivity index (χ3v) is 7.21. The number of imidazole rings is 1. The minimum Gasteiger partial charge on any atom is -0.494 e. The van der Waals surface area contributed by atoms with Crippen LogP contribution in [0.2, 0.25) is 0 Å². The fraction of sp³-hybridized carbons (Fsp3) is 0.323. The van der Waals surface area contributed by atoms with Crippen LogP contribution in [0.1, 0.15) is 42.1 Å². The van der Waals surface area contributed by atoms with Gasteiger partial charge in [-0.1, -0.05) is 6.92 Å². The van der Waals surface area contributed by atoms with Gasteiger partial charge in [0.1, 0.15) is 0 Å². The van der Waals surface area contributed by atoms with Crippen molar-refractivity contribution in [2.24, 2.45) is 22.2 Å². The van der Waals surface area contributed by atoms with Crippen molar-refractivity contribution in [2.45, 2.75) is 38.6 Å². The highest BCUT2D eigenvalue weighted by Crippen LogP contribution is 2.31. The second kappa shape index (κ2) is 15.6. The van der Waals surface area contributed by atoms with Gasteiger partial charge in [-0.15, -0.1) is 0 Å². The Morgan fingerprint density at radius 1 is 1.07 bits per heavy atom. The summed E-state index contributed by atoms with van der Waals surface area (Å²) in [6.07, 6.45) is 6.70. The molecule has 15 heteroatoms. The number of aryl methyl sites for hydroxylation is 1. The minimum atomic E-state index is -1.08. The number of halogens is 2. The molecule has 244 valence electrons. The van der Waals surface area contributed by atoms with Gasteiger partial charge in [0.05, 0.1) is 25.0 Å². The highest BCUT2D eigenvalue weighted by atomic mass is 19.2. The lowest BCUT2D eigenvalue weighted by atomic mass is 10.0. The predicted octanol–water partition coefficient (Wildman–Crippen LogP) is 2.61. The number of hydrogen-bond donors (Lipinski definition) is 6. The maximum atomic E-state index is 14.8. The largest absolute Gasteiger partial charge is 0.494 e. The smallest absolute Gasteiger partial charge is 0.251 e. The number of ether oxygens (including phenoxy) is 1. The van der Waals surface area contributed by atoms with Crippen molar-refractivity contribution in [1.82, 2.24) is 25.0 Å². The first-order chi connectivity index (χ1) is 22.1. The van der Waals surface area contributed by atoms with Gasteiger partial charge in [-0.2, -0.15) is 4.39 Å². The number of hydrogen-bond acceptors (Lipinski definition) is 8. The number of aromatic nitrogens is 3.